The fraction of sp³-hybridized carbons (Fsp3) is 0.484. The number of amides is 1. The molecule has 7 nitrogen and oxygen atoms in total. The minimum atomic E-state index is -0.323. The molecule has 0 aliphatic carbocycles. The van der Waals surface area contributed by atoms with Gasteiger partial charge in [-0.15, -0.1) is 0 Å². The number of pyridine rings is 1. The summed E-state index contributed by atoms with van der Waals surface area (Å²) in [7, 11) is 0. The van der Waals surface area contributed by atoms with Gasteiger partial charge in [-0.05, 0) is 56.2 Å². The third kappa shape index (κ3) is 6.84. The second kappa shape index (κ2) is 14.1. The van der Waals surface area contributed by atoms with E-state index < -0.39 is 0 Å². The van der Waals surface area contributed by atoms with Crippen LogP contribution in [0.15, 0.2) is 34.0 Å². The predicted molar refractivity (Wildman–Crippen MR) is 170 cm³/mol. The number of carbonyl (C=O) groups excluding carboxylic acids is 1. The zero-order valence-corrected chi connectivity index (χ0v) is 25.8. The van der Waals surface area contributed by atoms with Crippen molar-refractivity contribution in [2.24, 2.45) is 0 Å². The highest BCUT2D eigenvalue weighted by Gasteiger charge is 2.33. The van der Waals surface area contributed by atoms with Gasteiger partial charge in [-0.2, -0.15) is 5.26 Å². The van der Waals surface area contributed by atoms with Gasteiger partial charge in [0.05, 0.1) is 4.91 Å². The number of nitriles is 1. The second-order valence-electron chi connectivity index (χ2n) is 10.5. The number of aromatic nitrogens is 1. The van der Waals surface area contributed by atoms with E-state index in [1.165, 1.54) is 43.2 Å². The van der Waals surface area contributed by atoms with Crippen LogP contribution < -0.4 is 15.4 Å². The molecule has 3 heterocycles. The predicted octanol–water partition coefficient (Wildman–Crippen LogP) is 6.08. The van der Waals surface area contributed by atoms with Crippen LogP contribution >= 0.6 is 24.0 Å². The van der Waals surface area contributed by atoms with Crippen molar-refractivity contribution < 1.29 is 9.18 Å². The Morgan fingerprint density at radius 1 is 1.00 bits per heavy atom. The van der Waals surface area contributed by atoms with E-state index in [1.807, 2.05) is 13.0 Å². The minimum Gasteiger partial charge on any atom is -0.368 e. The average Bonchev–Trinajstić information content (AvgIpc) is 3.24. The summed E-state index contributed by atoms with van der Waals surface area (Å²) in [4.78, 5) is 33.3. The monoisotopic (exact) mass is 595 g/mol. The molecular formula is C31H38FN5O2S2. The molecule has 1 aromatic carbocycles. The Balaban J connectivity index is 1.62. The third-order valence-corrected chi connectivity index (χ3v) is 9.20. The standard InChI is InChI=1S/C31H38FN5O2S2/c1-4-6-7-8-9-10-15-37-30(39)27(41-31(37)40)20-25-22(3)26(21-33)29(38)36(5-2)28(25)35-18-16-34(17-19-35)24-13-11-23(32)12-14-24/h11-14,20H,4-10,15-19H2,1-3H3. The van der Waals surface area contributed by atoms with Crippen LogP contribution in [0.25, 0.3) is 6.08 Å². The molecule has 1 aromatic heterocycles. The SMILES string of the molecule is CCCCCCCCN1C(=O)C(=Cc2c(C)c(C#N)c(=O)n(CC)c2N2CCN(c3ccc(F)cc3)CC2)SC1=S. The minimum absolute atomic E-state index is 0.0920. The van der Waals surface area contributed by atoms with Gasteiger partial charge in [0.1, 0.15) is 27.6 Å². The first-order chi connectivity index (χ1) is 19.8. The van der Waals surface area contributed by atoms with Gasteiger partial charge in [0, 0.05) is 50.5 Å². The Morgan fingerprint density at radius 2 is 1.63 bits per heavy atom. The van der Waals surface area contributed by atoms with Crippen LogP contribution in [-0.4, -0.2) is 52.4 Å². The van der Waals surface area contributed by atoms with Gasteiger partial charge in [-0.1, -0.05) is 63.0 Å². The van der Waals surface area contributed by atoms with Crippen LogP contribution in [0.3, 0.4) is 0 Å². The number of halogens is 1. The number of piperazine rings is 1. The number of carbonyl (C=O) groups is 1. The molecule has 0 atom stereocenters. The molecule has 2 aliphatic rings. The molecule has 2 aromatic rings. The molecule has 0 spiro atoms. The van der Waals surface area contributed by atoms with Gasteiger partial charge >= 0.3 is 0 Å². The zero-order valence-electron chi connectivity index (χ0n) is 24.1. The number of unbranched alkanes of at least 4 members (excludes halogenated alkanes) is 5. The maximum absolute atomic E-state index is 13.5. The van der Waals surface area contributed by atoms with Crippen molar-refractivity contribution >= 4 is 51.8 Å². The molecule has 4 rings (SSSR count). The van der Waals surface area contributed by atoms with Crippen LogP contribution in [0, 0.1) is 24.1 Å². The molecule has 0 bridgehead atoms. The molecule has 1 amide bonds. The van der Waals surface area contributed by atoms with E-state index in [-0.39, 0.29) is 22.8 Å². The molecule has 0 N–H and O–H groups in total. The van der Waals surface area contributed by atoms with Crippen LogP contribution in [0.1, 0.15) is 69.1 Å². The fourth-order valence-electron chi connectivity index (χ4n) is 5.48. The molecule has 2 fully saturated rings. The molecule has 0 radical (unpaired) electrons. The van der Waals surface area contributed by atoms with Crippen molar-refractivity contribution in [2.45, 2.75) is 65.8 Å². The summed E-state index contributed by atoms with van der Waals surface area (Å²) in [5, 5.41) is 9.86. The maximum Gasteiger partial charge on any atom is 0.270 e. The highest BCUT2D eigenvalue weighted by atomic mass is 32.2. The molecule has 10 heteroatoms. The smallest absolute Gasteiger partial charge is 0.270 e. The fourth-order valence-corrected chi connectivity index (χ4v) is 6.77. The van der Waals surface area contributed by atoms with Crippen LogP contribution in [0.2, 0.25) is 0 Å². The lowest BCUT2D eigenvalue weighted by Crippen LogP contribution is -2.48. The van der Waals surface area contributed by atoms with Gasteiger partial charge in [-0.25, -0.2) is 4.39 Å². The Labute approximate surface area is 251 Å². The first kappa shape index (κ1) is 30.8. The summed E-state index contributed by atoms with van der Waals surface area (Å²) in [6.07, 6.45) is 8.60. The molecule has 2 saturated heterocycles. The van der Waals surface area contributed by atoms with Gasteiger partial charge in [-0.3, -0.25) is 19.1 Å². The van der Waals surface area contributed by atoms with E-state index >= 15 is 0 Å². The first-order valence-corrected chi connectivity index (χ1v) is 15.7. The molecule has 0 unspecified atom stereocenters. The van der Waals surface area contributed by atoms with Crippen molar-refractivity contribution in [1.82, 2.24) is 9.47 Å². The molecule has 218 valence electrons. The van der Waals surface area contributed by atoms with Crippen molar-refractivity contribution in [3.63, 3.8) is 0 Å². The highest BCUT2D eigenvalue weighted by Crippen LogP contribution is 2.36. The van der Waals surface area contributed by atoms with Gasteiger partial charge in [0.25, 0.3) is 11.5 Å². The Hall–Kier alpha value is -3.16. The average molecular weight is 596 g/mol. The Morgan fingerprint density at radius 3 is 2.27 bits per heavy atom. The summed E-state index contributed by atoms with van der Waals surface area (Å²) in [6.45, 7) is 9.47. The van der Waals surface area contributed by atoms with Crippen LogP contribution in [0.5, 0.6) is 0 Å². The van der Waals surface area contributed by atoms with Crippen molar-refractivity contribution in [3.8, 4) is 6.07 Å². The number of hydrogen-bond donors (Lipinski definition) is 0. The van der Waals surface area contributed by atoms with E-state index in [0.29, 0.717) is 65.4 Å². The summed E-state index contributed by atoms with van der Waals surface area (Å²) in [6, 6.07) is 8.57. The van der Waals surface area contributed by atoms with Gasteiger partial charge in [0.2, 0.25) is 0 Å². The first-order valence-electron chi connectivity index (χ1n) is 14.5. The molecule has 41 heavy (non-hydrogen) atoms. The van der Waals surface area contributed by atoms with Crippen LogP contribution in [0.4, 0.5) is 15.9 Å². The lowest BCUT2D eigenvalue weighted by molar-refractivity contribution is -0.122. The third-order valence-electron chi connectivity index (χ3n) is 7.82. The van der Waals surface area contributed by atoms with Crippen LogP contribution in [-0.2, 0) is 11.3 Å². The number of rotatable bonds is 11. The second-order valence-corrected chi connectivity index (χ2v) is 12.1. The van der Waals surface area contributed by atoms with E-state index in [1.54, 1.807) is 28.5 Å². The van der Waals surface area contributed by atoms with E-state index in [4.69, 9.17) is 12.2 Å². The molecule has 0 saturated carbocycles. The van der Waals surface area contributed by atoms with Crippen molar-refractivity contribution in [3.05, 3.63) is 62.0 Å². The normalized spacial score (nSPS) is 16.7. The van der Waals surface area contributed by atoms with Gasteiger partial charge in [0.15, 0.2) is 0 Å². The Kier molecular flexibility index (Phi) is 10.6. The lowest BCUT2D eigenvalue weighted by Gasteiger charge is -2.39. The number of thiocarbonyl (C=S) groups is 1. The number of nitrogens with zero attached hydrogens (tertiary/aromatic N) is 5. The summed E-state index contributed by atoms with van der Waals surface area (Å²) < 4.78 is 15.6. The number of benzene rings is 1. The van der Waals surface area contributed by atoms with E-state index in [9.17, 15) is 19.2 Å². The quantitative estimate of drug-likeness (QED) is 0.177. The van der Waals surface area contributed by atoms with E-state index in [2.05, 4.69) is 22.8 Å². The summed E-state index contributed by atoms with van der Waals surface area (Å²) >= 11 is 6.87. The maximum atomic E-state index is 13.5. The summed E-state index contributed by atoms with van der Waals surface area (Å²) in [5.74, 6) is 0.330. The molecular weight excluding hydrogens is 558 g/mol. The Bertz CT molecular complexity index is 1410. The number of thioether (sulfide) groups is 1. The molecule has 2 aliphatic heterocycles. The lowest BCUT2D eigenvalue weighted by atomic mass is 10.0. The summed E-state index contributed by atoms with van der Waals surface area (Å²) in [5.41, 5.74) is 1.99. The number of anilines is 2. The van der Waals surface area contributed by atoms with Gasteiger partial charge < -0.3 is 9.80 Å². The van der Waals surface area contributed by atoms with E-state index in [0.717, 1.165) is 24.9 Å². The highest BCUT2D eigenvalue weighted by molar-refractivity contribution is 8.26. The van der Waals surface area contributed by atoms with Crippen molar-refractivity contribution in [2.75, 3.05) is 42.5 Å². The topological polar surface area (TPSA) is 72.6 Å². The van der Waals surface area contributed by atoms with Crippen molar-refractivity contribution in [1.29, 1.82) is 5.26 Å². The zero-order chi connectivity index (χ0) is 29.5. The largest absolute Gasteiger partial charge is 0.368 e. The number of hydrogen-bond acceptors (Lipinski definition) is 7.